The molecule has 2 N–H and O–H groups in total. The Morgan fingerprint density at radius 2 is 2.06 bits per heavy atom. The first-order valence-electron chi connectivity index (χ1n) is 4.48. The first-order valence-corrected chi connectivity index (χ1v) is 5.55. The second-order valence-electron chi connectivity index (χ2n) is 3.18. The molecular formula is C10H10F2INO2. The molecule has 1 aromatic rings. The molecule has 0 saturated carbocycles. The molecule has 6 heteroatoms. The Bertz CT molecular complexity index is 385. The van der Waals surface area contributed by atoms with Gasteiger partial charge in [0.2, 0.25) is 0 Å². The van der Waals surface area contributed by atoms with Gasteiger partial charge in [0.05, 0.1) is 12.1 Å². The van der Waals surface area contributed by atoms with E-state index in [2.05, 4.69) is 5.32 Å². The van der Waals surface area contributed by atoms with Gasteiger partial charge >= 0.3 is 0 Å². The van der Waals surface area contributed by atoms with Crippen molar-refractivity contribution in [2.75, 3.05) is 13.2 Å². The zero-order valence-electron chi connectivity index (χ0n) is 8.21. The van der Waals surface area contributed by atoms with Crippen LogP contribution >= 0.6 is 22.6 Å². The molecule has 3 nitrogen and oxygen atoms in total. The molecule has 0 aliphatic heterocycles. The highest BCUT2D eigenvalue weighted by Crippen LogP contribution is 2.13. The van der Waals surface area contributed by atoms with Gasteiger partial charge in [-0.05, 0) is 34.7 Å². The third-order valence-electron chi connectivity index (χ3n) is 1.86. The minimum absolute atomic E-state index is 0.344. The van der Waals surface area contributed by atoms with Crippen LogP contribution in [0.5, 0.6) is 0 Å². The molecule has 0 fully saturated rings. The van der Waals surface area contributed by atoms with Gasteiger partial charge in [0.25, 0.3) is 11.8 Å². The summed E-state index contributed by atoms with van der Waals surface area (Å²) < 4.78 is 26.0. The standard InChI is InChI=1S/C10H10F2INO2/c11-10(12,6-15)5-14-9(16)7-3-1-2-4-8(7)13/h1-4,15H,5-6H2,(H,14,16). The molecule has 0 bridgehead atoms. The molecule has 0 unspecified atom stereocenters. The van der Waals surface area contributed by atoms with E-state index in [0.717, 1.165) is 0 Å². The number of rotatable bonds is 4. The van der Waals surface area contributed by atoms with Gasteiger partial charge in [0.15, 0.2) is 0 Å². The SMILES string of the molecule is O=C(NCC(F)(F)CO)c1ccccc1I. The summed E-state index contributed by atoms with van der Waals surface area (Å²) in [6.45, 7) is -2.15. The Morgan fingerprint density at radius 3 is 2.62 bits per heavy atom. The van der Waals surface area contributed by atoms with Gasteiger partial charge in [-0.15, -0.1) is 0 Å². The van der Waals surface area contributed by atoms with Crippen LogP contribution in [-0.2, 0) is 0 Å². The van der Waals surface area contributed by atoms with E-state index < -0.39 is 25.0 Å². The minimum Gasteiger partial charge on any atom is -0.390 e. The van der Waals surface area contributed by atoms with E-state index in [1.807, 2.05) is 22.6 Å². The predicted molar refractivity (Wildman–Crippen MR) is 63.5 cm³/mol. The van der Waals surface area contributed by atoms with Crippen molar-refractivity contribution in [2.45, 2.75) is 5.92 Å². The topological polar surface area (TPSA) is 49.3 Å². The van der Waals surface area contributed by atoms with Crippen molar-refractivity contribution < 1.29 is 18.7 Å². The number of nitrogens with one attached hydrogen (secondary N) is 1. The van der Waals surface area contributed by atoms with E-state index in [-0.39, 0.29) is 0 Å². The Labute approximate surface area is 105 Å². The quantitative estimate of drug-likeness (QED) is 0.819. The fourth-order valence-corrected chi connectivity index (χ4v) is 1.64. The number of aliphatic hydroxyl groups excluding tert-OH is 1. The first kappa shape index (κ1) is 13.3. The number of amides is 1. The molecule has 1 rings (SSSR count). The third-order valence-corrected chi connectivity index (χ3v) is 2.80. The minimum atomic E-state index is -3.28. The molecule has 0 heterocycles. The largest absolute Gasteiger partial charge is 0.390 e. The van der Waals surface area contributed by atoms with Crippen molar-refractivity contribution in [1.29, 1.82) is 0 Å². The number of hydrogen-bond donors (Lipinski definition) is 2. The number of benzene rings is 1. The maximum Gasteiger partial charge on any atom is 0.287 e. The molecule has 1 amide bonds. The maximum absolute atomic E-state index is 12.7. The number of carbonyl (C=O) groups excluding carboxylic acids is 1. The van der Waals surface area contributed by atoms with Crippen LogP contribution in [0.2, 0.25) is 0 Å². The van der Waals surface area contributed by atoms with Crippen LogP contribution in [0.4, 0.5) is 8.78 Å². The lowest BCUT2D eigenvalue weighted by Crippen LogP contribution is -2.39. The fraction of sp³-hybridized carbons (Fsp3) is 0.300. The summed E-state index contributed by atoms with van der Waals surface area (Å²) >= 11 is 1.95. The van der Waals surface area contributed by atoms with E-state index in [9.17, 15) is 13.6 Å². The molecule has 88 valence electrons. The number of carbonyl (C=O) groups is 1. The van der Waals surface area contributed by atoms with E-state index >= 15 is 0 Å². The Balaban J connectivity index is 2.64. The van der Waals surface area contributed by atoms with E-state index in [1.54, 1.807) is 24.3 Å². The fourth-order valence-electron chi connectivity index (χ4n) is 1.01. The molecule has 0 atom stereocenters. The Morgan fingerprint density at radius 1 is 1.44 bits per heavy atom. The van der Waals surface area contributed by atoms with Crippen molar-refractivity contribution in [3.05, 3.63) is 33.4 Å². The number of alkyl halides is 2. The number of halogens is 3. The van der Waals surface area contributed by atoms with Crippen LogP contribution in [0.25, 0.3) is 0 Å². The first-order chi connectivity index (χ1) is 7.46. The summed E-state index contributed by atoms with van der Waals surface area (Å²) in [6, 6.07) is 6.66. The summed E-state index contributed by atoms with van der Waals surface area (Å²) in [4.78, 5) is 11.5. The Kier molecular flexibility index (Phi) is 4.60. The van der Waals surface area contributed by atoms with E-state index in [1.165, 1.54) is 0 Å². The van der Waals surface area contributed by atoms with Gasteiger partial charge in [-0.1, -0.05) is 12.1 Å². The highest BCUT2D eigenvalue weighted by molar-refractivity contribution is 14.1. The lowest BCUT2D eigenvalue weighted by Gasteiger charge is -2.14. The van der Waals surface area contributed by atoms with Crippen LogP contribution < -0.4 is 5.32 Å². The average Bonchev–Trinajstić information content (AvgIpc) is 2.27. The van der Waals surface area contributed by atoms with Gasteiger partial charge < -0.3 is 10.4 Å². The van der Waals surface area contributed by atoms with Crippen LogP contribution in [0.1, 0.15) is 10.4 Å². The Hall–Kier alpha value is -0.760. The number of aliphatic hydroxyl groups is 1. The summed E-state index contributed by atoms with van der Waals surface area (Å²) in [6.07, 6.45) is 0. The highest BCUT2D eigenvalue weighted by atomic mass is 127. The second-order valence-corrected chi connectivity index (χ2v) is 4.34. The van der Waals surface area contributed by atoms with Gasteiger partial charge in [-0.3, -0.25) is 4.79 Å². The smallest absolute Gasteiger partial charge is 0.287 e. The lowest BCUT2D eigenvalue weighted by atomic mass is 10.2. The van der Waals surface area contributed by atoms with Crippen LogP contribution in [0.15, 0.2) is 24.3 Å². The van der Waals surface area contributed by atoms with Gasteiger partial charge in [0, 0.05) is 3.57 Å². The molecule has 0 saturated heterocycles. The van der Waals surface area contributed by atoms with E-state index in [4.69, 9.17) is 5.11 Å². The van der Waals surface area contributed by atoms with Gasteiger partial charge in [-0.25, -0.2) is 8.78 Å². The molecule has 0 radical (unpaired) electrons. The molecule has 0 aromatic heterocycles. The summed E-state index contributed by atoms with van der Waals surface area (Å²) in [5, 5.41) is 10.4. The van der Waals surface area contributed by atoms with Crippen molar-refractivity contribution >= 4 is 28.5 Å². The summed E-state index contributed by atoms with van der Waals surface area (Å²) in [5.74, 6) is -3.85. The summed E-state index contributed by atoms with van der Waals surface area (Å²) in [7, 11) is 0. The monoisotopic (exact) mass is 341 g/mol. The zero-order chi connectivity index (χ0) is 12.2. The molecule has 0 aliphatic carbocycles. The third kappa shape index (κ3) is 3.67. The zero-order valence-corrected chi connectivity index (χ0v) is 10.4. The van der Waals surface area contributed by atoms with Crippen molar-refractivity contribution in [1.82, 2.24) is 5.32 Å². The second kappa shape index (κ2) is 5.53. The van der Waals surface area contributed by atoms with Gasteiger partial charge in [-0.2, -0.15) is 0 Å². The van der Waals surface area contributed by atoms with Crippen molar-refractivity contribution in [3.8, 4) is 0 Å². The molecule has 16 heavy (non-hydrogen) atoms. The highest BCUT2D eigenvalue weighted by Gasteiger charge is 2.28. The molecule has 0 spiro atoms. The normalized spacial score (nSPS) is 11.2. The number of hydrogen-bond acceptors (Lipinski definition) is 2. The predicted octanol–water partition coefficient (Wildman–Crippen LogP) is 1.65. The molecule has 0 aliphatic rings. The van der Waals surface area contributed by atoms with Gasteiger partial charge in [0.1, 0.15) is 6.61 Å². The maximum atomic E-state index is 12.7. The van der Waals surface area contributed by atoms with Crippen LogP contribution in [0, 0.1) is 3.57 Å². The molecule has 1 aromatic carbocycles. The van der Waals surface area contributed by atoms with Crippen molar-refractivity contribution in [3.63, 3.8) is 0 Å². The summed E-state index contributed by atoms with van der Waals surface area (Å²) in [5.41, 5.74) is 0.344. The van der Waals surface area contributed by atoms with Crippen LogP contribution in [0.3, 0.4) is 0 Å². The van der Waals surface area contributed by atoms with E-state index in [0.29, 0.717) is 9.13 Å². The van der Waals surface area contributed by atoms with Crippen LogP contribution in [-0.4, -0.2) is 30.1 Å². The molecular weight excluding hydrogens is 331 g/mol. The van der Waals surface area contributed by atoms with Crippen molar-refractivity contribution in [2.24, 2.45) is 0 Å². The average molecular weight is 341 g/mol. The lowest BCUT2D eigenvalue weighted by molar-refractivity contribution is -0.0462.